The smallest absolute Gasteiger partial charge is 0.229 e. The Labute approximate surface area is 146 Å². The van der Waals surface area contributed by atoms with Crippen LogP contribution in [-0.2, 0) is 0 Å². The number of rotatable bonds is 6. The highest BCUT2D eigenvalue weighted by atomic mass is 16.5. The first-order chi connectivity index (χ1) is 12.0. The number of ether oxygens (including phenoxy) is 1. The van der Waals surface area contributed by atoms with Gasteiger partial charge in [-0.15, -0.1) is 0 Å². The van der Waals surface area contributed by atoms with E-state index in [1.165, 1.54) is 0 Å². The first-order valence-corrected chi connectivity index (χ1v) is 8.08. The largest absolute Gasteiger partial charge is 0.489 e. The van der Waals surface area contributed by atoms with Crippen molar-refractivity contribution in [2.45, 2.75) is 33.8 Å². The zero-order chi connectivity index (χ0) is 17.8. The average molecular weight is 339 g/mol. The molecule has 130 valence electrons. The first kappa shape index (κ1) is 16.8. The molecule has 2 heterocycles. The molecule has 0 atom stereocenters. The third-order valence-electron chi connectivity index (χ3n) is 3.23. The van der Waals surface area contributed by atoms with Crippen LogP contribution in [0, 0.1) is 13.8 Å². The lowest BCUT2D eigenvalue weighted by atomic mass is 10.3. The van der Waals surface area contributed by atoms with Crippen molar-refractivity contribution in [1.29, 1.82) is 0 Å². The Morgan fingerprint density at radius 3 is 2.52 bits per heavy atom. The molecule has 0 aliphatic carbocycles. The minimum Gasteiger partial charge on any atom is -0.489 e. The van der Waals surface area contributed by atoms with Crippen LogP contribution < -0.4 is 15.4 Å². The van der Waals surface area contributed by atoms with E-state index in [2.05, 4.69) is 25.8 Å². The van der Waals surface area contributed by atoms with E-state index in [9.17, 15) is 0 Å². The number of hydrogen-bond acceptors (Lipinski definition) is 7. The summed E-state index contributed by atoms with van der Waals surface area (Å²) in [6.07, 6.45) is 0.0778. The molecule has 0 fully saturated rings. The van der Waals surface area contributed by atoms with E-state index in [4.69, 9.17) is 9.26 Å². The van der Waals surface area contributed by atoms with Crippen LogP contribution >= 0.6 is 0 Å². The molecule has 0 spiro atoms. The van der Waals surface area contributed by atoms with Crippen molar-refractivity contribution in [1.82, 2.24) is 15.1 Å². The maximum Gasteiger partial charge on any atom is 0.229 e. The summed E-state index contributed by atoms with van der Waals surface area (Å²) < 4.78 is 10.9. The zero-order valence-electron chi connectivity index (χ0n) is 14.7. The predicted molar refractivity (Wildman–Crippen MR) is 96.8 cm³/mol. The summed E-state index contributed by atoms with van der Waals surface area (Å²) in [7, 11) is 0. The highest BCUT2D eigenvalue weighted by molar-refractivity contribution is 5.64. The third-order valence-corrected chi connectivity index (χ3v) is 3.23. The number of nitrogens with zero attached hydrogens (tertiary/aromatic N) is 3. The van der Waals surface area contributed by atoms with Gasteiger partial charge in [0.05, 0.1) is 11.8 Å². The lowest BCUT2D eigenvalue weighted by Gasteiger charge is -2.15. The molecule has 7 heteroatoms. The lowest BCUT2D eigenvalue weighted by Crippen LogP contribution is -2.08. The summed E-state index contributed by atoms with van der Waals surface area (Å²) in [5.74, 6) is 3.19. The molecule has 7 nitrogen and oxygen atoms in total. The maximum absolute atomic E-state index is 5.82. The van der Waals surface area contributed by atoms with Crippen molar-refractivity contribution in [2.24, 2.45) is 0 Å². The average Bonchev–Trinajstić information content (AvgIpc) is 2.93. The molecule has 3 rings (SSSR count). The van der Waals surface area contributed by atoms with E-state index >= 15 is 0 Å². The molecule has 0 radical (unpaired) electrons. The molecular formula is C18H21N5O2. The van der Waals surface area contributed by atoms with Gasteiger partial charge in [0, 0.05) is 17.8 Å². The number of para-hydroxylation sites is 2. The van der Waals surface area contributed by atoms with Crippen LogP contribution in [0.15, 0.2) is 40.9 Å². The van der Waals surface area contributed by atoms with Crippen molar-refractivity contribution >= 4 is 23.3 Å². The molecule has 0 saturated heterocycles. The Morgan fingerprint density at radius 2 is 1.80 bits per heavy atom. The van der Waals surface area contributed by atoms with Crippen LogP contribution in [0.3, 0.4) is 0 Å². The Kier molecular flexibility index (Phi) is 4.83. The van der Waals surface area contributed by atoms with E-state index in [1.807, 2.05) is 58.0 Å². The van der Waals surface area contributed by atoms with Crippen molar-refractivity contribution in [3.63, 3.8) is 0 Å². The molecule has 3 aromatic rings. The second-order valence-electron chi connectivity index (χ2n) is 5.95. The van der Waals surface area contributed by atoms with E-state index in [-0.39, 0.29) is 6.10 Å². The lowest BCUT2D eigenvalue weighted by molar-refractivity contribution is 0.244. The fourth-order valence-electron chi connectivity index (χ4n) is 2.29. The van der Waals surface area contributed by atoms with Crippen LogP contribution in [-0.4, -0.2) is 21.2 Å². The van der Waals surface area contributed by atoms with Gasteiger partial charge in [0.25, 0.3) is 0 Å². The Morgan fingerprint density at radius 1 is 1.00 bits per heavy atom. The van der Waals surface area contributed by atoms with Gasteiger partial charge in [-0.3, -0.25) is 0 Å². The number of aromatic nitrogens is 3. The molecule has 0 bridgehead atoms. The van der Waals surface area contributed by atoms with Gasteiger partial charge in [-0.2, -0.15) is 4.98 Å². The van der Waals surface area contributed by atoms with Gasteiger partial charge in [-0.1, -0.05) is 17.3 Å². The van der Waals surface area contributed by atoms with Gasteiger partial charge in [0.1, 0.15) is 17.3 Å². The van der Waals surface area contributed by atoms with Crippen LogP contribution in [0.2, 0.25) is 0 Å². The molecule has 0 unspecified atom stereocenters. The normalized spacial score (nSPS) is 10.8. The maximum atomic E-state index is 5.82. The number of aryl methyl sites for hydroxylation is 2. The number of anilines is 4. The van der Waals surface area contributed by atoms with Crippen LogP contribution in [0.25, 0.3) is 0 Å². The van der Waals surface area contributed by atoms with E-state index < -0.39 is 0 Å². The van der Waals surface area contributed by atoms with Gasteiger partial charge < -0.3 is 19.9 Å². The SMILES string of the molecule is Cc1cc(Nc2cc(C)on2)nc(Nc2ccccc2OC(C)C)n1. The summed E-state index contributed by atoms with van der Waals surface area (Å²) in [4.78, 5) is 8.92. The van der Waals surface area contributed by atoms with Crippen LogP contribution in [0.4, 0.5) is 23.3 Å². The molecule has 2 N–H and O–H groups in total. The summed E-state index contributed by atoms with van der Waals surface area (Å²) in [6, 6.07) is 11.3. The van der Waals surface area contributed by atoms with E-state index in [0.29, 0.717) is 17.6 Å². The highest BCUT2D eigenvalue weighted by Gasteiger charge is 2.09. The summed E-state index contributed by atoms with van der Waals surface area (Å²) >= 11 is 0. The van der Waals surface area contributed by atoms with Gasteiger partial charge in [0.15, 0.2) is 5.82 Å². The summed E-state index contributed by atoms with van der Waals surface area (Å²) in [6.45, 7) is 7.72. The van der Waals surface area contributed by atoms with Crippen molar-refractivity contribution in [3.05, 3.63) is 47.9 Å². The van der Waals surface area contributed by atoms with Gasteiger partial charge in [-0.05, 0) is 39.8 Å². The second kappa shape index (κ2) is 7.21. The molecule has 2 aromatic heterocycles. The fraction of sp³-hybridized carbons (Fsp3) is 0.278. The second-order valence-corrected chi connectivity index (χ2v) is 5.95. The summed E-state index contributed by atoms with van der Waals surface area (Å²) in [5, 5.41) is 10.2. The van der Waals surface area contributed by atoms with E-state index in [1.54, 1.807) is 6.07 Å². The molecular weight excluding hydrogens is 318 g/mol. The Hall–Kier alpha value is -3.09. The number of hydrogen-bond donors (Lipinski definition) is 2. The third kappa shape index (κ3) is 4.47. The molecule has 1 aromatic carbocycles. The Balaban J connectivity index is 1.83. The molecule has 0 aliphatic heterocycles. The van der Waals surface area contributed by atoms with Crippen molar-refractivity contribution in [2.75, 3.05) is 10.6 Å². The van der Waals surface area contributed by atoms with E-state index in [0.717, 1.165) is 22.9 Å². The number of nitrogens with one attached hydrogen (secondary N) is 2. The molecule has 0 saturated carbocycles. The van der Waals surface area contributed by atoms with Crippen LogP contribution in [0.5, 0.6) is 5.75 Å². The van der Waals surface area contributed by atoms with Crippen LogP contribution in [0.1, 0.15) is 25.3 Å². The summed E-state index contributed by atoms with van der Waals surface area (Å²) in [5.41, 5.74) is 1.63. The van der Waals surface area contributed by atoms with Crippen molar-refractivity contribution < 1.29 is 9.26 Å². The van der Waals surface area contributed by atoms with Gasteiger partial charge in [0.2, 0.25) is 5.95 Å². The molecule has 0 amide bonds. The minimum atomic E-state index is 0.0778. The minimum absolute atomic E-state index is 0.0778. The van der Waals surface area contributed by atoms with Crippen molar-refractivity contribution in [3.8, 4) is 5.75 Å². The zero-order valence-corrected chi connectivity index (χ0v) is 14.7. The predicted octanol–water partition coefficient (Wildman–Crippen LogP) is 4.36. The fourth-order valence-corrected chi connectivity index (χ4v) is 2.29. The first-order valence-electron chi connectivity index (χ1n) is 8.08. The topological polar surface area (TPSA) is 85.1 Å². The highest BCUT2D eigenvalue weighted by Crippen LogP contribution is 2.27. The number of benzene rings is 1. The molecule has 25 heavy (non-hydrogen) atoms. The Bertz CT molecular complexity index is 860. The monoisotopic (exact) mass is 339 g/mol. The standard InChI is InChI=1S/C18H21N5O2/c1-11(2)24-15-8-6-5-7-14(15)20-18-19-12(3)9-16(22-18)21-17-10-13(4)25-23-17/h5-11H,1-4H3,(H2,19,20,21,22,23). The van der Waals surface area contributed by atoms with Gasteiger partial charge in [-0.25, -0.2) is 4.98 Å². The quantitative estimate of drug-likeness (QED) is 0.690. The molecule has 0 aliphatic rings. The van der Waals surface area contributed by atoms with Gasteiger partial charge >= 0.3 is 0 Å².